The van der Waals surface area contributed by atoms with Crippen molar-refractivity contribution < 1.29 is 9.53 Å². The van der Waals surface area contributed by atoms with Gasteiger partial charge in [0.05, 0.1) is 6.10 Å². The number of hydrogen-bond acceptors (Lipinski definition) is 3. The van der Waals surface area contributed by atoms with Gasteiger partial charge in [0, 0.05) is 33.8 Å². The Hall–Kier alpha value is -0.570. The molecule has 2 fully saturated rings. The summed E-state index contributed by atoms with van der Waals surface area (Å²) in [6, 6.07) is 0. The number of rotatable bonds is 8. The van der Waals surface area contributed by atoms with Gasteiger partial charge in [0.25, 0.3) is 0 Å². The van der Waals surface area contributed by atoms with E-state index in [2.05, 4.69) is 29.5 Å². The quantitative estimate of drug-likeness (QED) is 0.310. The predicted molar refractivity (Wildman–Crippen MR) is 122 cm³/mol. The highest BCUT2D eigenvalue weighted by Crippen LogP contribution is 2.42. The molecular weight excluding hydrogens is 455 g/mol. The second-order valence-corrected chi connectivity index (χ2v) is 8.63. The first kappa shape index (κ1) is 24.5. The van der Waals surface area contributed by atoms with E-state index in [9.17, 15) is 4.79 Å². The van der Waals surface area contributed by atoms with Crippen LogP contribution in [0.25, 0.3) is 0 Å². The van der Waals surface area contributed by atoms with Crippen LogP contribution in [0.15, 0.2) is 4.99 Å². The molecule has 0 aromatic carbocycles. The lowest BCUT2D eigenvalue weighted by molar-refractivity contribution is -0.127. The van der Waals surface area contributed by atoms with Gasteiger partial charge in [-0.05, 0) is 43.4 Å². The maximum Gasteiger partial charge on any atom is 0.243 e. The number of hydrogen-bond donors (Lipinski definition) is 2. The molecule has 158 valence electrons. The van der Waals surface area contributed by atoms with E-state index >= 15 is 0 Å². The van der Waals surface area contributed by atoms with Crippen LogP contribution in [0, 0.1) is 11.3 Å². The summed E-state index contributed by atoms with van der Waals surface area (Å²) in [5, 5.41) is 6.93. The number of nitrogens with zero attached hydrogens (tertiary/aromatic N) is 2. The topological polar surface area (TPSA) is 66.0 Å². The smallest absolute Gasteiger partial charge is 0.243 e. The van der Waals surface area contributed by atoms with Crippen molar-refractivity contribution in [3.05, 3.63) is 0 Å². The molecule has 0 spiro atoms. The van der Waals surface area contributed by atoms with Crippen LogP contribution in [0.4, 0.5) is 0 Å². The minimum absolute atomic E-state index is 0. The Balaban J connectivity index is 0.00000364. The minimum Gasteiger partial charge on any atom is -0.376 e. The fourth-order valence-electron chi connectivity index (χ4n) is 4.19. The van der Waals surface area contributed by atoms with Crippen LogP contribution in [-0.4, -0.2) is 63.2 Å². The van der Waals surface area contributed by atoms with Crippen LogP contribution in [0.3, 0.4) is 0 Å². The molecule has 1 amide bonds. The highest BCUT2D eigenvalue weighted by molar-refractivity contribution is 14.0. The molecule has 1 aliphatic heterocycles. The molecule has 0 radical (unpaired) electrons. The molecular formula is C20H39IN4O2. The Bertz CT molecular complexity index is 471. The van der Waals surface area contributed by atoms with E-state index in [1.807, 2.05) is 0 Å². The van der Waals surface area contributed by atoms with Crippen molar-refractivity contribution in [2.24, 2.45) is 16.3 Å². The SMILES string of the molecule is CC(C)CC1(CNC(=NCC(=O)N(C)C)NCC2CCCO2)CCCC1.I. The standard InChI is InChI=1S/C20H38N4O2.HI/c1-16(2)12-20(9-5-6-10-20)15-23-19(22-14-18(25)24(3)4)21-13-17-8-7-11-26-17;/h16-17H,5-15H2,1-4H3,(H2,21,22,23);1H. The van der Waals surface area contributed by atoms with E-state index in [4.69, 9.17) is 4.74 Å². The summed E-state index contributed by atoms with van der Waals surface area (Å²) in [5.41, 5.74) is 0.367. The van der Waals surface area contributed by atoms with E-state index in [-0.39, 0.29) is 42.5 Å². The number of halogens is 1. The first-order valence-corrected chi connectivity index (χ1v) is 10.2. The van der Waals surface area contributed by atoms with Gasteiger partial charge >= 0.3 is 0 Å². The second-order valence-electron chi connectivity index (χ2n) is 8.63. The van der Waals surface area contributed by atoms with Crippen molar-refractivity contribution in [3.8, 4) is 0 Å². The summed E-state index contributed by atoms with van der Waals surface area (Å²) in [6.45, 7) is 7.31. The average molecular weight is 494 g/mol. The number of amides is 1. The lowest BCUT2D eigenvalue weighted by Gasteiger charge is -2.32. The van der Waals surface area contributed by atoms with Crippen LogP contribution in [-0.2, 0) is 9.53 Å². The molecule has 1 saturated heterocycles. The van der Waals surface area contributed by atoms with Gasteiger partial charge in [-0.1, -0.05) is 26.7 Å². The van der Waals surface area contributed by atoms with Crippen LogP contribution < -0.4 is 10.6 Å². The average Bonchev–Trinajstić information content (AvgIpc) is 3.25. The van der Waals surface area contributed by atoms with Crippen LogP contribution >= 0.6 is 24.0 Å². The molecule has 1 heterocycles. The maximum absolute atomic E-state index is 11.9. The molecule has 7 heteroatoms. The number of carbonyl (C=O) groups excluding carboxylic acids is 1. The predicted octanol–water partition coefficient (Wildman–Crippen LogP) is 3.01. The van der Waals surface area contributed by atoms with Gasteiger partial charge in [-0.25, -0.2) is 4.99 Å². The van der Waals surface area contributed by atoms with Gasteiger partial charge in [0.2, 0.25) is 5.91 Å². The molecule has 1 atom stereocenters. The van der Waals surface area contributed by atoms with Crippen molar-refractivity contribution >= 4 is 35.8 Å². The fourth-order valence-corrected chi connectivity index (χ4v) is 4.19. The molecule has 1 saturated carbocycles. The molecule has 0 aromatic heterocycles. The second kappa shape index (κ2) is 12.1. The molecule has 2 rings (SSSR count). The summed E-state index contributed by atoms with van der Waals surface area (Å²) >= 11 is 0. The molecule has 1 aliphatic carbocycles. The summed E-state index contributed by atoms with van der Waals surface area (Å²) in [5.74, 6) is 1.46. The van der Waals surface area contributed by atoms with Crippen molar-refractivity contribution in [2.45, 2.75) is 64.9 Å². The Morgan fingerprint density at radius 3 is 2.48 bits per heavy atom. The molecule has 27 heavy (non-hydrogen) atoms. The van der Waals surface area contributed by atoms with Crippen LogP contribution in [0.5, 0.6) is 0 Å². The summed E-state index contributed by atoms with van der Waals surface area (Å²) in [4.78, 5) is 18.0. The minimum atomic E-state index is 0. The zero-order valence-corrected chi connectivity index (χ0v) is 19.9. The van der Waals surface area contributed by atoms with Gasteiger partial charge in [0.1, 0.15) is 6.54 Å². The fraction of sp³-hybridized carbons (Fsp3) is 0.900. The van der Waals surface area contributed by atoms with Crippen molar-refractivity contribution in [1.82, 2.24) is 15.5 Å². The van der Waals surface area contributed by atoms with Gasteiger partial charge in [-0.15, -0.1) is 24.0 Å². The zero-order chi connectivity index (χ0) is 19.0. The third-order valence-electron chi connectivity index (χ3n) is 5.53. The largest absolute Gasteiger partial charge is 0.376 e. The molecule has 0 aromatic rings. The van der Waals surface area contributed by atoms with E-state index in [1.54, 1.807) is 19.0 Å². The first-order valence-electron chi connectivity index (χ1n) is 10.2. The monoisotopic (exact) mass is 494 g/mol. The summed E-state index contributed by atoms with van der Waals surface area (Å²) < 4.78 is 5.70. The highest BCUT2D eigenvalue weighted by atomic mass is 127. The van der Waals surface area contributed by atoms with E-state index in [0.29, 0.717) is 11.3 Å². The van der Waals surface area contributed by atoms with E-state index < -0.39 is 0 Å². The Morgan fingerprint density at radius 2 is 1.93 bits per heavy atom. The van der Waals surface area contributed by atoms with Crippen LogP contribution in [0.2, 0.25) is 0 Å². The van der Waals surface area contributed by atoms with E-state index in [0.717, 1.165) is 38.5 Å². The Kier molecular flexibility index (Phi) is 11.0. The number of guanidine groups is 1. The van der Waals surface area contributed by atoms with Crippen molar-refractivity contribution in [1.29, 1.82) is 0 Å². The van der Waals surface area contributed by atoms with Gasteiger partial charge in [0.15, 0.2) is 5.96 Å². The lowest BCUT2D eigenvalue weighted by atomic mass is 9.78. The van der Waals surface area contributed by atoms with Gasteiger partial charge in [-0.3, -0.25) is 4.79 Å². The summed E-state index contributed by atoms with van der Waals surface area (Å²) in [7, 11) is 3.53. The third-order valence-corrected chi connectivity index (χ3v) is 5.53. The number of nitrogens with one attached hydrogen (secondary N) is 2. The number of ether oxygens (including phenoxy) is 1. The molecule has 2 aliphatic rings. The zero-order valence-electron chi connectivity index (χ0n) is 17.6. The van der Waals surface area contributed by atoms with Gasteiger partial charge in [-0.2, -0.15) is 0 Å². The number of likely N-dealkylation sites (N-methyl/N-ethyl adjacent to an activating group) is 1. The lowest BCUT2D eigenvalue weighted by Crippen LogP contribution is -2.46. The summed E-state index contributed by atoms with van der Waals surface area (Å²) in [6.07, 6.45) is 8.93. The Morgan fingerprint density at radius 1 is 1.22 bits per heavy atom. The number of aliphatic imine (C=N–C) groups is 1. The van der Waals surface area contributed by atoms with E-state index in [1.165, 1.54) is 32.1 Å². The van der Waals surface area contributed by atoms with Crippen LogP contribution in [0.1, 0.15) is 58.8 Å². The maximum atomic E-state index is 11.9. The highest BCUT2D eigenvalue weighted by Gasteiger charge is 2.34. The molecule has 2 N–H and O–H groups in total. The van der Waals surface area contributed by atoms with Crippen molar-refractivity contribution in [3.63, 3.8) is 0 Å². The van der Waals surface area contributed by atoms with Gasteiger partial charge < -0.3 is 20.3 Å². The normalized spacial score (nSPS) is 21.8. The third kappa shape index (κ3) is 8.54. The van der Waals surface area contributed by atoms with Crippen molar-refractivity contribution in [2.75, 3.05) is 40.3 Å². The Labute approximate surface area is 182 Å². The molecule has 6 nitrogen and oxygen atoms in total. The molecule has 0 bridgehead atoms. The number of carbonyl (C=O) groups is 1. The first-order chi connectivity index (χ1) is 12.4. The molecule has 1 unspecified atom stereocenters.